The van der Waals surface area contributed by atoms with E-state index < -0.39 is 0 Å². The predicted molar refractivity (Wildman–Crippen MR) is 78.2 cm³/mol. The van der Waals surface area contributed by atoms with E-state index >= 15 is 0 Å². The molecule has 3 N–H and O–H groups in total. The van der Waals surface area contributed by atoms with Crippen LogP contribution in [0.5, 0.6) is 0 Å². The van der Waals surface area contributed by atoms with Gasteiger partial charge in [0.1, 0.15) is 0 Å². The number of aromatic nitrogens is 2. The first-order valence-electron chi connectivity index (χ1n) is 6.21. The van der Waals surface area contributed by atoms with Gasteiger partial charge in [0.15, 0.2) is 0 Å². The van der Waals surface area contributed by atoms with Crippen LogP contribution in [0.4, 0.5) is 0 Å². The van der Waals surface area contributed by atoms with Crippen molar-refractivity contribution < 1.29 is 0 Å². The first-order chi connectivity index (χ1) is 8.69. The average molecular weight is 265 g/mol. The summed E-state index contributed by atoms with van der Waals surface area (Å²) in [4.78, 5) is 16.7. The van der Waals surface area contributed by atoms with E-state index in [0.29, 0.717) is 6.04 Å². The average Bonchev–Trinajstić information content (AvgIpc) is 2.73. The molecule has 1 atom stereocenters. The zero-order valence-electron chi connectivity index (χ0n) is 10.7. The summed E-state index contributed by atoms with van der Waals surface area (Å²) >= 11 is 1.94. The molecule has 0 fully saturated rings. The summed E-state index contributed by atoms with van der Waals surface area (Å²) in [5.41, 5.74) is 2.77. The molecule has 4 nitrogen and oxygen atoms in total. The molecule has 0 saturated heterocycles. The molecule has 0 aliphatic heterocycles. The van der Waals surface area contributed by atoms with Gasteiger partial charge in [-0.1, -0.05) is 13.0 Å². The number of imidazole rings is 1. The maximum absolute atomic E-state index is 11.2. The molecule has 0 saturated carbocycles. The van der Waals surface area contributed by atoms with Crippen LogP contribution < -0.4 is 11.0 Å². The number of benzene rings is 1. The summed E-state index contributed by atoms with van der Waals surface area (Å²) < 4.78 is 0. The third-order valence-corrected chi connectivity index (χ3v) is 3.95. The van der Waals surface area contributed by atoms with E-state index in [1.807, 2.05) is 30.0 Å². The highest BCUT2D eigenvalue weighted by molar-refractivity contribution is 7.99. The van der Waals surface area contributed by atoms with Crippen molar-refractivity contribution in [2.75, 3.05) is 11.5 Å². The molecule has 18 heavy (non-hydrogen) atoms. The molecule has 0 unspecified atom stereocenters. The van der Waals surface area contributed by atoms with Gasteiger partial charge in [0.2, 0.25) is 0 Å². The second kappa shape index (κ2) is 6.11. The molecule has 0 aliphatic carbocycles. The van der Waals surface area contributed by atoms with Crippen LogP contribution >= 0.6 is 11.8 Å². The lowest BCUT2D eigenvalue weighted by atomic mass is 10.2. The lowest BCUT2D eigenvalue weighted by Gasteiger charge is -2.12. The summed E-state index contributed by atoms with van der Waals surface area (Å²) in [7, 11) is 0. The minimum Gasteiger partial charge on any atom is -0.309 e. The van der Waals surface area contributed by atoms with Crippen LogP contribution in [-0.4, -0.2) is 27.5 Å². The van der Waals surface area contributed by atoms with Gasteiger partial charge >= 0.3 is 5.69 Å². The highest BCUT2D eigenvalue weighted by Crippen LogP contribution is 2.10. The molecule has 0 radical (unpaired) electrons. The summed E-state index contributed by atoms with van der Waals surface area (Å²) in [6.07, 6.45) is 0. The predicted octanol–water partition coefficient (Wildman–Crippen LogP) is 2.09. The first-order valence-corrected chi connectivity index (χ1v) is 7.36. The molecule has 98 valence electrons. The molecule has 1 aromatic carbocycles. The van der Waals surface area contributed by atoms with Crippen molar-refractivity contribution in [2.24, 2.45) is 0 Å². The molecule has 0 amide bonds. The van der Waals surface area contributed by atoms with Gasteiger partial charge in [-0.05, 0) is 30.4 Å². The maximum Gasteiger partial charge on any atom is 0.323 e. The third kappa shape index (κ3) is 3.40. The van der Waals surface area contributed by atoms with Gasteiger partial charge in [-0.25, -0.2) is 4.79 Å². The molecule has 2 aromatic rings. The quantitative estimate of drug-likeness (QED) is 0.749. The topological polar surface area (TPSA) is 60.7 Å². The molecule has 2 rings (SSSR count). The minimum atomic E-state index is -0.150. The van der Waals surface area contributed by atoms with E-state index in [9.17, 15) is 4.79 Å². The molecule has 1 aromatic heterocycles. The van der Waals surface area contributed by atoms with Crippen LogP contribution in [-0.2, 0) is 6.54 Å². The normalized spacial score (nSPS) is 13.0. The van der Waals surface area contributed by atoms with E-state index in [-0.39, 0.29) is 5.69 Å². The van der Waals surface area contributed by atoms with Crippen LogP contribution in [0.3, 0.4) is 0 Å². The Labute approximate surface area is 111 Å². The van der Waals surface area contributed by atoms with Gasteiger partial charge in [-0.15, -0.1) is 0 Å². The molecular weight excluding hydrogens is 246 g/mol. The number of rotatable bonds is 6. The largest absolute Gasteiger partial charge is 0.323 e. The van der Waals surface area contributed by atoms with Crippen molar-refractivity contribution in [3.63, 3.8) is 0 Å². The molecule has 0 bridgehead atoms. The lowest BCUT2D eigenvalue weighted by Crippen LogP contribution is -2.27. The second-order valence-corrected chi connectivity index (χ2v) is 5.72. The van der Waals surface area contributed by atoms with Crippen molar-refractivity contribution >= 4 is 22.8 Å². The zero-order valence-corrected chi connectivity index (χ0v) is 11.6. The second-order valence-electron chi connectivity index (χ2n) is 4.40. The maximum atomic E-state index is 11.2. The summed E-state index contributed by atoms with van der Waals surface area (Å²) in [5, 5.41) is 3.48. The number of hydrogen-bond donors (Lipinski definition) is 3. The fourth-order valence-corrected chi connectivity index (χ4v) is 2.54. The number of aromatic amines is 2. The highest BCUT2D eigenvalue weighted by atomic mass is 32.2. The molecule has 5 heteroatoms. The van der Waals surface area contributed by atoms with Gasteiger partial charge in [0.25, 0.3) is 0 Å². The third-order valence-electron chi connectivity index (χ3n) is 2.81. The van der Waals surface area contributed by atoms with Crippen LogP contribution in [0.2, 0.25) is 0 Å². The van der Waals surface area contributed by atoms with Gasteiger partial charge in [-0.2, -0.15) is 11.8 Å². The van der Waals surface area contributed by atoms with Gasteiger partial charge in [0.05, 0.1) is 11.0 Å². The SMILES string of the molecule is CCSC[C@H](C)NCc1ccc2[nH]c(=O)[nH]c2c1. The Bertz CT molecular complexity index is 561. The standard InChI is InChI=1S/C13H19N3OS/c1-3-18-8-9(2)14-7-10-4-5-11-12(6-10)16-13(17)15-11/h4-6,9,14H,3,7-8H2,1-2H3,(H2,15,16,17)/t9-/m0/s1. The summed E-state index contributed by atoms with van der Waals surface area (Å²) in [6, 6.07) is 6.49. The summed E-state index contributed by atoms with van der Waals surface area (Å²) in [5.74, 6) is 2.28. The zero-order chi connectivity index (χ0) is 13.0. The molecule has 1 heterocycles. The number of fused-ring (bicyclic) bond motifs is 1. The molecular formula is C13H19N3OS. The van der Waals surface area contributed by atoms with E-state index in [4.69, 9.17) is 0 Å². The fraction of sp³-hybridized carbons (Fsp3) is 0.462. The first kappa shape index (κ1) is 13.2. The van der Waals surface area contributed by atoms with Crippen molar-refractivity contribution in [2.45, 2.75) is 26.4 Å². The minimum absolute atomic E-state index is 0.150. The van der Waals surface area contributed by atoms with Crippen molar-refractivity contribution in [1.82, 2.24) is 15.3 Å². The Morgan fingerprint density at radius 2 is 2.11 bits per heavy atom. The number of nitrogens with one attached hydrogen (secondary N) is 3. The van der Waals surface area contributed by atoms with Crippen LogP contribution in [0, 0.1) is 0 Å². The Morgan fingerprint density at radius 3 is 2.89 bits per heavy atom. The summed E-state index contributed by atoms with van der Waals surface area (Å²) in [6.45, 7) is 5.20. The fourth-order valence-electron chi connectivity index (χ4n) is 1.84. The smallest absolute Gasteiger partial charge is 0.309 e. The Morgan fingerprint density at radius 1 is 1.33 bits per heavy atom. The van der Waals surface area contributed by atoms with Crippen LogP contribution in [0.1, 0.15) is 19.4 Å². The number of hydrogen-bond acceptors (Lipinski definition) is 3. The van der Waals surface area contributed by atoms with Gasteiger partial charge < -0.3 is 15.3 Å². The van der Waals surface area contributed by atoms with Gasteiger partial charge in [0, 0.05) is 18.3 Å². The van der Waals surface area contributed by atoms with Crippen molar-refractivity contribution in [3.8, 4) is 0 Å². The Hall–Kier alpha value is -1.20. The Kier molecular flexibility index (Phi) is 4.49. The highest BCUT2D eigenvalue weighted by Gasteiger charge is 2.03. The van der Waals surface area contributed by atoms with E-state index in [0.717, 1.165) is 29.1 Å². The molecule has 0 spiro atoms. The molecule has 0 aliphatic rings. The van der Waals surface area contributed by atoms with E-state index in [1.165, 1.54) is 5.56 Å². The number of thioether (sulfide) groups is 1. The van der Waals surface area contributed by atoms with E-state index in [2.05, 4.69) is 29.1 Å². The van der Waals surface area contributed by atoms with Gasteiger partial charge in [-0.3, -0.25) is 0 Å². The van der Waals surface area contributed by atoms with Crippen molar-refractivity contribution in [3.05, 3.63) is 34.2 Å². The monoisotopic (exact) mass is 265 g/mol. The van der Waals surface area contributed by atoms with Crippen LogP contribution in [0.25, 0.3) is 11.0 Å². The van der Waals surface area contributed by atoms with Crippen molar-refractivity contribution in [1.29, 1.82) is 0 Å². The van der Waals surface area contributed by atoms with Crippen LogP contribution in [0.15, 0.2) is 23.0 Å². The number of H-pyrrole nitrogens is 2. The lowest BCUT2D eigenvalue weighted by molar-refractivity contribution is 0.596. The Balaban J connectivity index is 1.97. The van der Waals surface area contributed by atoms with E-state index in [1.54, 1.807) is 0 Å².